The topological polar surface area (TPSA) is 64.4 Å². The molecule has 0 bridgehead atoms. The molecule has 1 aliphatic rings. The molecule has 1 aliphatic carbocycles. The molecule has 0 aromatic heterocycles. The van der Waals surface area contributed by atoms with E-state index in [-0.39, 0.29) is 18.4 Å². The first-order chi connectivity index (χ1) is 8.46. The Morgan fingerprint density at radius 2 is 1.83 bits per heavy atom. The maximum Gasteiger partial charge on any atom is 0.243 e. The maximum atomic E-state index is 12.4. The molecule has 1 rings (SSSR count). The van der Waals surface area contributed by atoms with Crippen LogP contribution in [0.4, 0.5) is 0 Å². The summed E-state index contributed by atoms with van der Waals surface area (Å²) >= 11 is 0. The van der Waals surface area contributed by atoms with Crippen molar-refractivity contribution in [3.05, 3.63) is 0 Å². The van der Waals surface area contributed by atoms with Crippen molar-refractivity contribution in [2.24, 2.45) is 5.41 Å². The molecule has 0 heterocycles. The summed E-state index contributed by atoms with van der Waals surface area (Å²) in [5, 5.41) is 9.28. The second kappa shape index (κ2) is 5.85. The molecular weight excluding hydrogens is 230 g/mol. The minimum atomic E-state index is -0.886. The smallest absolute Gasteiger partial charge is 0.243 e. The van der Waals surface area contributed by atoms with Crippen LogP contribution in [0.25, 0.3) is 0 Å². The van der Waals surface area contributed by atoms with Crippen LogP contribution in [0, 0.1) is 16.7 Å². The molecule has 0 aromatic rings. The Kier molecular flexibility index (Phi) is 4.71. The summed E-state index contributed by atoms with van der Waals surface area (Å²) in [6.45, 7) is 2.36. The van der Waals surface area contributed by atoms with Gasteiger partial charge in [-0.2, -0.15) is 5.26 Å². The first kappa shape index (κ1) is 14.5. The van der Waals surface area contributed by atoms with Gasteiger partial charge in [-0.3, -0.25) is 9.59 Å². The van der Waals surface area contributed by atoms with E-state index in [9.17, 15) is 14.9 Å². The zero-order valence-electron chi connectivity index (χ0n) is 11.4. The third-order valence-electron chi connectivity index (χ3n) is 3.57. The quantitative estimate of drug-likeness (QED) is 0.749. The predicted molar refractivity (Wildman–Crippen MR) is 67.5 cm³/mol. The molecule has 0 aliphatic heterocycles. The van der Waals surface area contributed by atoms with Crippen molar-refractivity contribution < 1.29 is 9.59 Å². The van der Waals surface area contributed by atoms with Crippen LogP contribution in [0.1, 0.15) is 32.6 Å². The number of nitrogens with zero attached hydrogens (tertiary/aromatic N) is 3. The molecule has 5 heteroatoms. The van der Waals surface area contributed by atoms with Gasteiger partial charge in [0, 0.05) is 20.6 Å². The van der Waals surface area contributed by atoms with Crippen LogP contribution >= 0.6 is 0 Å². The number of likely N-dealkylation sites (N-methyl/N-ethyl adjacent to an activating group) is 2. The van der Waals surface area contributed by atoms with Gasteiger partial charge < -0.3 is 9.80 Å². The minimum Gasteiger partial charge on any atom is -0.347 e. The van der Waals surface area contributed by atoms with Crippen molar-refractivity contribution >= 4 is 11.8 Å². The molecule has 1 saturated carbocycles. The van der Waals surface area contributed by atoms with Crippen LogP contribution in [-0.4, -0.2) is 48.8 Å². The molecule has 0 aromatic carbocycles. The van der Waals surface area contributed by atoms with E-state index >= 15 is 0 Å². The zero-order valence-corrected chi connectivity index (χ0v) is 11.4. The number of carbonyl (C=O) groups excluding carboxylic acids is 2. The fraction of sp³-hybridized carbons (Fsp3) is 0.769. The van der Waals surface area contributed by atoms with Crippen LogP contribution in [0.2, 0.25) is 0 Å². The van der Waals surface area contributed by atoms with Crippen molar-refractivity contribution in [1.29, 1.82) is 5.26 Å². The number of hydrogen-bond donors (Lipinski definition) is 0. The van der Waals surface area contributed by atoms with Gasteiger partial charge in [0.15, 0.2) is 0 Å². The lowest BCUT2D eigenvalue weighted by Crippen LogP contribution is -2.46. The monoisotopic (exact) mass is 251 g/mol. The zero-order chi connectivity index (χ0) is 13.8. The van der Waals surface area contributed by atoms with Gasteiger partial charge in [0.1, 0.15) is 5.41 Å². The fourth-order valence-corrected chi connectivity index (χ4v) is 2.29. The van der Waals surface area contributed by atoms with Gasteiger partial charge in [-0.25, -0.2) is 0 Å². The molecule has 5 nitrogen and oxygen atoms in total. The highest BCUT2D eigenvalue weighted by Gasteiger charge is 2.44. The van der Waals surface area contributed by atoms with Gasteiger partial charge in [0.05, 0.1) is 12.6 Å². The number of carbonyl (C=O) groups is 2. The Balaban J connectivity index is 2.79. The summed E-state index contributed by atoms with van der Waals surface area (Å²) in [5.41, 5.74) is -0.886. The van der Waals surface area contributed by atoms with Gasteiger partial charge >= 0.3 is 0 Å². The van der Waals surface area contributed by atoms with E-state index in [0.717, 1.165) is 12.8 Å². The Morgan fingerprint density at radius 1 is 1.28 bits per heavy atom. The molecule has 0 unspecified atom stereocenters. The van der Waals surface area contributed by atoms with Gasteiger partial charge in [-0.15, -0.1) is 0 Å². The van der Waals surface area contributed by atoms with Crippen LogP contribution in [0.3, 0.4) is 0 Å². The SMILES string of the molecule is CCN(CC(=O)N(C)C)C(=O)C1(C#N)CCCC1. The standard InChI is InChI=1S/C13H21N3O2/c1-4-16(9-11(17)15(2)3)12(18)13(10-14)7-5-6-8-13/h4-9H2,1-3H3. The Hall–Kier alpha value is -1.57. The van der Waals surface area contributed by atoms with Gasteiger partial charge in [0.25, 0.3) is 0 Å². The molecule has 0 spiro atoms. The minimum absolute atomic E-state index is 0.0613. The number of hydrogen-bond acceptors (Lipinski definition) is 3. The second-order valence-corrected chi connectivity index (χ2v) is 5.01. The van der Waals surface area contributed by atoms with Crippen molar-refractivity contribution in [2.75, 3.05) is 27.2 Å². The van der Waals surface area contributed by atoms with E-state index in [4.69, 9.17) is 0 Å². The van der Waals surface area contributed by atoms with Crippen LogP contribution in [-0.2, 0) is 9.59 Å². The lowest BCUT2D eigenvalue weighted by Gasteiger charge is -2.29. The highest BCUT2D eigenvalue weighted by Crippen LogP contribution is 2.39. The normalized spacial score (nSPS) is 17.0. The average molecular weight is 251 g/mol. The lowest BCUT2D eigenvalue weighted by molar-refractivity contribution is -0.144. The van der Waals surface area contributed by atoms with E-state index in [2.05, 4.69) is 6.07 Å². The van der Waals surface area contributed by atoms with E-state index in [1.54, 1.807) is 14.1 Å². The second-order valence-electron chi connectivity index (χ2n) is 5.01. The first-order valence-corrected chi connectivity index (χ1v) is 6.37. The summed E-state index contributed by atoms with van der Waals surface area (Å²) in [5.74, 6) is -0.295. The molecule has 100 valence electrons. The third kappa shape index (κ3) is 2.81. The largest absolute Gasteiger partial charge is 0.347 e. The summed E-state index contributed by atoms with van der Waals surface area (Å²) in [7, 11) is 3.33. The molecule has 2 amide bonds. The van der Waals surface area contributed by atoms with Crippen molar-refractivity contribution in [1.82, 2.24) is 9.80 Å². The van der Waals surface area contributed by atoms with Crippen molar-refractivity contribution in [2.45, 2.75) is 32.6 Å². The first-order valence-electron chi connectivity index (χ1n) is 6.37. The average Bonchev–Trinajstić information content (AvgIpc) is 2.84. The van der Waals surface area contributed by atoms with Crippen LogP contribution in [0.5, 0.6) is 0 Å². The van der Waals surface area contributed by atoms with E-state index in [0.29, 0.717) is 19.4 Å². The van der Waals surface area contributed by atoms with Gasteiger partial charge in [-0.1, -0.05) is 12.8 Å². The molecule has 0 saturated heterocycles. The van der Waals surface area contributed by atoms with Gasteiger partial charge in [-0.05, 0) is 19.8 Å². The van der Waals surface area contributed by atoms with Crippen molar-refractivity contribution in [3.63, 3.8) is 0 Å². The molecule has 0 radical (unpaired) electrons. The van der Waals surface area contributed by atoms with E-state index in [1.165, 1.54) is 9.80 Å². The fourth-order valence-electron chi connectivity index (χ4n) is 2.29. The van der Waals surface area contributed by atoms with Crippen molar-refractivity contribution in [3.8, 4) is 6.07 Å². The Morgan fingerprint density at radius 3 is 2.22 bits per heavy atom. The number of amides is 2. The lowest BCUT2D eigenvalue weighted by atomic mass is 9.86. The molecule has 1 fully saturated rings. The molecule has 18 heavy (non-hydrogen) atoms. The van der Waals surface area contributed by atoms with E-state index < -0.39 is 5.41 Å². The van der Waals surface area contributed by atoms with E-state index in [1.807, 2.05) is 6.92 Å². The summed E-state index contributed by atoms with van der Waals surface area (Å²) in [4.78, 5) is 27.1. The predicted octanol–water partition coefficient (Wildman–Crippen LogP) is 1.01. The van der Waals surface area contributed by atoms with Crippen LogP contribution in [0.15, 0.2) is 0 Å². The summed E-state index contributed by atoms with van der Waals surface area (Å²) in [6, 6.07) is 2.18. The molecule has 0 atom stereocenters. The van der Waals surface area contributed by atoms with Crippen LogP contribution < -0.4 is 0 Å². The number of nitriles is 1. The highest BCUT2D eigenvalue weighted by atomic mass is 16.2. The number of rotatable bonds is 4. The highest BCUT2D eigenvalue weighted by molar-refractivity contribution is 5.89. The Bertz CT molecular complexity index is 365. The van der Waals surface area contributed by atoms with Gasteiger partial charge in [0.2, 0.25) is 11.8 Å². The summed E-state index contributed by atoms with van der Waals surface area (Å²) < 4.78 is 0. The Labute approximate surface area is 108 Å². The third-order valence-corrected chi connectivity index (χ3v) is 3.57. The summed E-state index contributed by atoms with van der Waals surface area (Å²) in [6.07, 6.45) is 3.07. The molecular formula is C13H21N3O2. The maximum absolute atomic E-state index is 12.4. The molecule has 0 N–H and O–H groups in total.